The van der Waals surface area contributed by atoms with Crippen molar-refractivity contribution in [1.29, 1.82) is 0 Å². The van der Waals surface area contributed by atoms with E-state index in [0.717, 1.165) is 30.7 Å². The van der Waals surface area contributed by atoms with Crippen molar-refractivity contribution in [3.63, 3.8) is 0 Å². The molecule has 3 aliphatic heterocycles. The fraction of sp³-hybridized carbons (Fsp3) is 1.00. The maximum absolute atomic E-state index is 3.72. The van der Waals surface area contributed by atoms with Crippen LogP contribution in [0.15, 0.2) is 0 Å². The van der Waals surface area contributed by atoms with E-state index in [0.29, 0.717) is 0 Å². The number of piperidine rings is 3. The summed E-state index contributed by atoms with van der Waals surface area (Å²) in [6, 6.07) is 3.23. The van der Waals surface area contributed by atoms with Crippen LogP contribution in [0.5, 0.6) is 0 Å². The zero-order valence-electron chi connectivity index (χ0n) is 14.2. The number of hydrogen-bond acceptors (Lipinski definition) is 3. The second-order valence-corrected chi connectivity index (χ2v) is 7.62. The first kappa shape index (κ1) is 15.8. The number of nitrogens with zero attached hydrogens (tertiary/aromatic N) is 2. The van der Waals surface area contributed by atoms with Crippen molar-refractivity contribution < 1.29 is 0 Å². The Balaban J connectivity index is 1.58. The van der Waals surface area contributed by atoms with Crippen molar-refractivity contribution in [3.05, 3.63) is 0 Å². The zero-order chi connectivity index (χ0) is 14.7. The molecule has 3 heteroatoms. The SMILES string of the molecule is CCNC1CC2CCCC(C1)N2C(C)CN1CCCCC1. The summed E-state index contributed by atoms with van der Waals surface area (Å²) in [5.41, 5.74) is 0. The first-order valence-electron chi connectivity index (χ1n) is 9.51. The van der Waals surface area contributed by atoms with Gasteiger partial charge in [-0.25, -0.2) is 0 Å². The van der Waals surface area contributed by atoms with Crippen molar-refractivity contribution in [2.24, 2.45) is 0 Å². The van der Waals surface area contributed by atoms with Gasteiger partial charge in [-0.05, 0) is 65.1 Å². The van der Waals surface area contributed by atoms with Gasteiger partial charge in [0.25, 0.3) is 0 Å². The maximum atomic E-state index is 3.72. The monoisotopic (exact) mass is 293 g/mol. The van der Waals surface area contributed by atoms with Crippen molar-refractivity contribution in [1.82, 2.24) is 15.1 Å². The lowest BCUT2D eigenvalue weighted by molar-refractivity contribution is -0.0168. The van der Waals surface area contributed by atoms with Crippen LogP contribution in [0.2, 0.25) is 0 Å². The molecule has 3 atom stereocenters. The summed E-state index contributed by atoms with van der Waals surface area (Å²) in [6.07, 6.45) is 11.4. The van der Waals surface area contributed by atoms with Gasteiger partial charge in [0.2, 0.25) is 0 Å². The summed E-state index contributed by atoms with van der Waals surface area (Å²) >= 11 is 0. The van der Waals surface area contributed by atoms with Gasteiger partial charge in [0, 0.05) is 30.7 Å². The third-order valence-electron chi connectivity index (χ3n) is 6.00. The predicted molar refractivity (Wildman–Crippen MR) is 89.7 cm³/mol. The molecule has 3 fully saturated rings. The van der Waals surface area contributed by atoms with Gasteiger partial charge in [-0.15, -0.1) is 0 Å². The normalized spacial score (nSPS) is 36.6. The zero-order valence-corrected chi connectivity index (χ0v) is 14.2. The summed E-state index contributed by atoms with van der Waals surface area (Å²) in [4.78, 5) is 5.65. The molecule has 0 aromatic heterocycles. The number of nitrogens with one attached hydrogen (secondary N) is 1. The highest BCUT2D eigenvalue weighted by Gasteiger charge is 2.40. The maximum Gasteiger partial charge on any atom is 0.0200 e. The lowest BCUT2D eigenvalue weighted by Crippen LogP contribution is -2.60. The van der Waals surface area contributed by atoms with Crippen molar-refractivity contribution in [3.8, 4) is 0 Å². The minimum absolute atomic E-state index is 0.751. The van der Waals surface area contributed by atoms with E-state index in [-0.39, 0.29) is 0 Å². The van der Waals surface area contributed by atoms with E-state index in [1.165, 1.54) is 71.0 Å². The number of rotatable bonds is 5. The first-order valence-corrected chi connectivity index (χ1v) is 9.51. The van der Waals surface area contributed by atoms with Crippen LogP contribution >= 0.6 is 0 Å². The highest BCUT2D eigenvalue weighted by molar-refractivity contribution is 4.97. The molecule has 3 heterocycles. The van der Waals surface area contributed by atoms with Gasteiger partial charge in [0.05, 0.1) is 0 Å². The lowest BCUT2D eigenvalue weighted by atomic mass is 9.80. The third-order valence-corrected chi connectivity index (χ3v) is 6.00. The van der Waals surface area contributed by atoms with E-state index in [1.54, 1.807) is 0 Å². The van der Waals surface area contributed by atoms with Crippen LogP contribution in [0.3, 0.4) is 0 Å². The fourth-order valence-electron chi connectivity index (χ4n) is 5.20. The van der Waals surface area contributed by atoms with Gasteiger partial charge in [-0.2, -0.15) is 0 Å². The largest absolute Gasteiger partial charge is 0.314 e. The van der Waals surface area contributed by atoms with E-state index >= 15 is 0 Å². The Morgan fingerprint density at radius 3 is 2.29 bits per heavy atom. The van der Waals surface area contributed by atoms with Crippen molar-refractivity contribution in [2.45, 2.75) is 89.4 Å². The van der Waals surface area contributed by atoms with E-state index in [1.807, 2.05) is 0 Å². The molecule has 122 valence electrons. The fourth-order valence-corrected chi connectivity index (χ4v) is 5.20. The second-order valence-electron chi connectivity index (χ2n) is 7.62. The van der Waals surface area contributed by atoms with Crippen molar-refractivity contribution in [2.75, 3.05) is 26.2 Å². The Bertz CT molecular complexity index is 300. The van der Waals surface area contributed by atoms with Gasteiger partial charge in [0.1, 0.15) is 0 Å². The van der Waals surface area contributed by atoms with Gasteiger partial charge in [-0.1, -0.05) is 19.8 Å². The molecule has 3 rings (SSSR count). The van der Waals surface area contributed by atoms with Crippen molar-refractivity contribution >= 4 is 0 Å². The molecule has 1 N–H and O–H groups in total. The average Bonchev–Trinajstić information content (AvgIpc) is 2.47. The molecule has 0 radical (unpaired) electrons. The molecule has 2 bridgehead atoms. The van der Waals surface area contributed by atoms with Crippen LogP contribution in [0, 0.1) is 0 Å². The average molecular weight is 293 g/mol. The molecular weight excluding hydrogens is 258 g/mol. The minimum Gasteiger partial charge on any atom is -0.314 e. The van der Waals surface area contributed by atoms with E-state index in [2.05, 4.69) is 29.0 Å². The van der Waals surface area contributed by atoms with Crippen LogP contribution in [0.1, 0.15) is 65.2 Å². The summed E-state index contributed by atoms with van der Waals surface area (Å²) in [5.74, 6) is 0. The Kier molecular flexibility index (Phi) is 5.58. The van der Waals surface area contributed by atoms with Gasteiger partial charge < -0.3 is 10.2 Å². The summed E-state index contributed by atoms with van der Waals surface area (Å²) in [7, 11) is 0. The Hall–Kier alpha value is -0.120. The van der Waals surface area contributed by atoms with Gasteiger partial charge in [-0.3, -0.25) is 4.90 Å². The standard InChI is InChI=1S/C18H35N3/c1-3-19-16-12-17-8-7-9-18(13-16)21(17)15(2)14-20-10-5-4-6-11-20/h15-19H,3-14H2,1-2H3. The molecule has 21 heavy (non-hydrogen) atoms. The first-order chi connectivity index (χ1) is 10.3. The summed E-state index contributed by atoms with van der Waals surface area (Å²) in [6.45, 7) is 9.86. The molecule has 0 spiro atoms. The second kappa shape index (κ2) is 7.43. The molecule has 0 amide bonds. The van der Waals surface area contributed by atoms with E-state index in [4.69, 9.17) is 0 Å². The van der Waals surface area contributed by atoms with Crippen LogP contribution in [0.25, 0.3) is 0 Å². The summed E-state index contributed by atoms with van der Waals surface area (Å²) in [5, 5.41) is 3.72. The highest BCUT2D eigenvalue weighted by atomic mass is 15.3. The number of hydrogen-bond donors (Lipinski definition) is 1. The third kappa shape index (κ3) is 3.80. The predicted octanol–water partition coefficient (Wildman–Crippen LogP) is 2.86. The molecule has 3 aliphatic rings. The number of likely N-dealkylation sites (tertiary alicyclic amines) is 1. The Morgan fingerprint density at radius 1 is 1.00 bits per heavy atom. The Morgan fingerprint density at radius 2 is 1.67 bits per heavy atom. The Labute approximate surface area is 131 Å². The smallest absolute Gasteiger partial charge is 0.0200 e. The minimum atomic E-state index is 0.751. The molecule has 0 saturated carbocycles. The molecule has 0 aromatic carbocycles. The van der Waals surface area contributed by atoms with E-state index < -0.39 is 0 Å². The molecule has 3 unspecified atom stereocenters. The quantitative estimate of drug-likeness (QED) is 0.841. The number of fused-ring (bicyclic) bond motifs is 2. The molecule has 3 nitrogen and oxygen atoms in total. The van der Waals surface area contributed by atoms with Gasteiger partial charge >= 0.3 is 0 Å². The highest BCUT2D eigenvalue weighted by Crippen LogP contribution is 2.35. The topological polar surface area (TPSA) is 18.5 Å². The molecule has 3 saturated heterocycles. The van der Waals surface area contributed by atoms with Crippen LogP contribution in [-0.2, 0) is 0 Å². The summed E-state index contributed by atoms with van der Waals surface area (Å²) < 4.78 is 0. The molecular formula is C18H35N3. The molecule has 0 aromatic rings. The van der Waals surface area contributed by atoms with Crippen LogP contribution < -0.4 is 5.32 Å². The molecule has 0 aliphatic carbocycles. The lowest BCUT2D eigenvalue weighted by Gasteiger charge is -2.52. The van der Waals surface area contributed by atoms with Crippen LogP contribution in [0.4, 0.5) is 0 Å². The van der Waals surface area contributed by atoms with E-state index in [9.17, 15) is 0 Å². The van der Waals surface area contributed by atoms with Crippen LogP contribution in [-0.4, -0.2) is 60.1 Å². The van der Waals surface area contributed by atoms with Gasteiger partial charge in [0.15, 0.2) is 0 Å².